The van der Waals surface area contributed by atoms with E-state index in [-0.39, 0.29) is 4.90 Å². The minimum absolute atomic E-state index is 0.168. The fraction of sp³-hybridized carbons (Fsp3) is 0.227. The van der Waals surface area contributed by atoms with Crippen LogP contribution in [0.1, 0.15) is 12.0 Å². The largest absolute Gasteiger partial charge is 0.370 e. The Morgan fingerprint density at radius 2 is 1.83 bits per heavy atom. The van der Waals surface area contributed by atoms with Crippen molar-refractivity contribution in [1.29, 1.82) is 0 Å². The average Bonchev–Trinajstić information content (AvgIpc) is 3.03. The summed E-state index contributed by atoms with van der Waals surface area (Å²) in [6.07, 6.45) is 2.68. The summed E-state index contributed by atoms with van der Waals surface area (Å²) in [6, 6.07) is 16.1. The van der Waals surface area contributed by atoms with Crippen molar-refractivity contribution in [3.63, 3.8) is 0 Å². The average molecular weight is 409 g/mol. The molecule has 1 aromatic heterocycles. The van der Waals surface area contributed by atoms with Crippen LogP contribution in [0.5, 0.6) is 0 Å². The molecular formula is C22H24N4O2S. The first-order chi connectivity index (χ1) is 14.0. The summed E-state index contributed by atoms with van der Waals surface area (Å²) in [4.78, 5) is 6.68. The van der Waals surface area contributed by atoms with Gasteiger partial charge in [-0.1, -0.05) is 36.9 Å². The van der Waals surface area contributed by atoms with Gasteiger partial charge in [-0.25, -0.2) is 8.42 Å². The van der Waals surface area contributed by atoms with Crippen LogP contribution < -0.4 is 10.0 Å². The number of aromatic nitrogens is 1. The van der Waals surface area contributed by atoms with E-state index in [1.807, 2.05) is 24.3 Å². The molecule has 2 heterocycles. The third-order valence-electron chi connectivity index (χ3n) is 5.08. The number of para-hydroxylation sites is 1. The highest BCUT2D eigenvalue weighted by molar-refractivity contribution is 7.93. The molecule has 0 radical (unpaired) electrons. The molecule has 1 aliphatic heterocycles. The Balaban J connectivity index is 1.54. The lowest BCUT2D eigenvalue weighted by Crippen LogP contribution is -2.26. The van der Waals surface area contributed by atoms with Crippen molar-refractivity contribution >= 4 is 32.3 Å². The molecule has 7 heteroatoms. The quantitative estimate of drug-likeness (QED) is 0.678. The molecule has 150 valence electrons. The number of hydrogen-bond acceptors (Lipinski definition) is 5. The molecule has 29 heavy (non-hydrogen) atoms. The highest BCUT2D eigenvalue weighted by Crippen LogP contribution is 2.25. The van der Waals surface area contributed by atoms with Gasteiger partial charge in [0, 0.05) is 42.6 Å². The standard InChI is InChI=1S/C22H24N4O2S/c1-17(26-15-4-12-23-14-16-26)18-8-10-20(11-9-18)25-29(27,28)21-7-2-5-19-6-3-13-24-22(19)21/h2-3,5-11,13,23,25H,1,4,12,14-16H2. The lowest BCUT2D eigenvalue weighted by molar-refractivity contribution is 0.425. The summed E-state index contributed by atoms with van der Waals surface area (Å²) in [6.45, 7) is 8.07. The number of fused-ring (bicyclic) bond motifs is 1. The highest BCUT2D eigenvalue weighted by Gasteiger charge is 2.18. The molecule has 0 saturated carbocycles. The van der Waals surface area contributed by atoms with Crippen LogP contribution in [-0.2, 0) is 10.0 Å². The molecular weight excluding hydrogens is 384 g/mol. The van der Waals surface area contributed by atoms with Gasteiger partial charge in [0.05, 0.1) is 5.52 Å². The second kappa shape index (κ2) is 8.23. The van der Waals surface area contributed by atoms with E-state index in [4.69, 9.17) is 0 Å². The van der Waals surface area contributed by atoms with Gasteiger partial charge in [0.25, 0.3) is 10.0 Å². The zero-order valence-corrected chi connectivity index (χ0v) is 17.0. The fourth-order valence-electron chi connectivity index (χ4n) is 3.53. The molecule has 0 atom stereocenters. The summed E-state index contributed by atoms with van der Waals surface area (Å²) in [5, 5.41) is 4.17. The van der Waals surface area contributed by atoms with Crippen LogP contribution in [0.3, 0.4) is 0 Å². The Morgan fingerprint density at radius 3 is 2.66 bits per heavy atom. The minimum Gasteiger partial charge on any atom is -0.370 e. The second-order valence-electron chi connectivity index (χ2n) is 7.05. The van der Waals surface area contributed by atoms with Crippen LogP contribution in [0.25, 0.3) is 16.6 Å². The molecule has 4 rings (SSSR count). The summed E-state index contributed by atoms with van der Waals surface area (Å²) in [7, 11) is -3.75. The van der Waals surface area contributed by atoms with Crippen LogP contribution in [-0.4, -0.2) is 44.5 Å². The summed E-state index contributed by atoms with van der Waals surface area (Å²) >= 11 is 0. The smallest absolute Gasteiger partial charge is 0.264 e. The summed E-state index contributed by atoms with van der Waals surface area (Å²) < 4.78 is 28.5. The molecule has 1 aliphatic rings. The van der Waals surface area contributed by atoms with Gasteiger partial charge in [-0.2, -0.15) is 0 Å². The van der Waals surface area contributed by atoms with Crippen molar-refractivity contribution in [2.75, 3.05) is 30.9 Å². The van der Waals surface area contributed by atoms with Gasteiger partial charge >= 0.3 is 0 Å². The van der Waals surface area contributed by atoms with Gasteiger partial charge < -0.3 is 10.2 Å². The number of rotatable bonds is 5. The highest BCUT2D eigenvalue weighted by atomic mass is 32.2. The first kappa shape index (κ1) is 19.4. The summed E-state index contributed by atoms with van der Waals surface area (Å²) in [5.74, 6) is 0. The number of sulfonamides is 1. The van der Waals surface area contributed by atoms with Gasteiger partial charge in [-0.05, 0) is 42.8 Å². The molecule has 0 spiro atoms. The third-order valence-corrected chi connectivity index (χ3v) is 6.49. The Bertz CT molecular complexity index is 1110. The van der Waals surface area contributed by atoms with Crippen LogP contribution in [0.4, 0.5) is 5.69 Å². The number of pyridine rings is 1. The maximum absolute atomic E-state index is 12.9. The number of hydrogen-bond donors (Lipinski definition) is 2. The van der Waals surface area contributed by atoms with Gasteiger partial charge in [0.15, 0.2) is 0 Å². The molecule has 2 N–H and O–H groups in total. The fourth-order valence-corrected chi connectivity index (χ4v) is 4.77. The van der Waals surface area contributed by atoms with E-state index in [1.54, 1.807) is 36.5 Å². The molecule has 2 aromatic carbocycles. The molecule has 0 aliphatic carbocycles. The van der Waals surface area contributed by atoms with E-state index < -0.39 is 10.0 Å². The monoisotopic (exact) mass is 408 g/mol. The predicted octanol–water partition coefficient (Wildman–Crippen LogP) is 3.30. The normalized spacial score (nSPS) is 15.1. The third kappa shape index (κ3) is 4.26. The van der Waals surface area contributed by atoms with Crippen LogP contribution in [0.2, 0.25) is 0 Å². The molecule has 0 bridgehead atoms. The van der Waals surface area contributed by atoms with Gasteiger partial charge in [-0.15, -0.1) is 0 Å². The molecule has 6 nitrogen and oxygen atoms in total. The van der Waals surface area contributed by atoms with Crippen LogP contribution >= 0.6 is 0 Å². The Kier molecular flexibility index (Phi) is 5.51. The maximum atomic E-state index is 12.9. The Labute approximate surface area is 171 Å². The van der Waals surface area contributed by atoms with Gasteiger partial charge in [0.2, 0.25) is 0 Å². The van der Waals surface area contributed by atoms with Crippen molar-refractivity contribution in [1.82, 2.24) is 15.2 Å². The topological polar surface area (TPSA) is 74.3 Å². The number of nitrogens with one attached hydrogen (secondary N) is 2. The van der Waals surface area contributed by atoms with E-state index in [0.717, 1.165) is 49.2 Å². The lowest BCUT2D eigenvalue weighted by Gasteiger charge is -2.25. The van der Waals surface area contributed by atoms with E-state index >= 15 is 0 Å². The SMILES string of the molecule is C=C(c1ccc(NS(=O)(=O)c2cccc3cccnc23)cc1)N1CCCNCC1. The summed E-state index contributed by atoms with van der Waals surface area (Å²) in [5.41, 5.74) is 2.91. The molecule has 3 aromatic rings. The first-order valence-corrected chi connectivity index (χ1v) is 11.1. The van der Waals surface area contributed by atoms with Crippen LogP contribution in [0, 0.1) is 0 Å². The second-order valence-corrected chi connectivity index (χ2v) is 8.70. The van der Waals surface area contributed by atoms with Crippen molar-refractivity contribution < 1.29 is 8.42 Å². The maximum Gasteiger partial charge on any atom is 0.264 e. The zero-order chi connectivity index (χ0) is 20.3. The van der Waals surface area contributed by atoms with Crippen LogP contribution in [0.15, 0.2) is 72.3 Å². The van der Waals surface area contributed by atoms with E-state index in [9.17, 15) is 8.42 Å². The number of nitrogens with zero attached hydrogens (tertiary/aromatic N) is 2. The Morgan fingerprint density at radius 1 is 1.03 bits per heavy atom. The van der Waals surface area contributed by atoms with Gasteiger partial charge in [-0.3, -0.25) is 9.71 Å². The molecule has 0 unspecified atom stereocenters. The van der Waals surface area contributed by atoms with E-state index in [2.05, 4.69) is 26.5 Å². The Hall–Kier alpha value is -2.90. The van der Waals surface area contributed by atoms with E-state index in [0.29, 0.717) is 11.2 Å². The van der Waals surface area contributed by atoms with Crippen molar-refractivity contribution in [2.24, 2.45) is 0 Å². The van der Waals surface area contributed by atoms with Crippen molar-refractivity contribution in [3.8, 4) is 0 Å². The molecule has 0 amide bonds. The van der Waals surface area contributed by atoms with Gasteiger partial charge in [0.1, 0.15) is 4.90 Å². The molecule has 1 saturated heterocycles. The zero-order valence-electron chi connectivity index (χ0n) is 16.1. The predicted molar refractivity (Wildman–Crippen MR) is 117 cm³/mol. The molecule has 1 fully saturated rings. The van der Waals surface area contributed by atoms with Crippen molar-refractivity contribution in [3.05, 3.63) is 72.9 Å². The first-order valence-electron chi connectivity index (χ1n) is 9.66. The van der Waals surface area contributed by atoms with E-state index in [1.165, 1.54) is 0 Å². The van der Waals surface area contributed by atoms with Crippen molar-refractivity contribution in [2.45, 2.75) is 11.3 Å². The lowest BCUT2D eigenvalue weighted by atomic mass is 10.1. The number of benzene rings is 2. The minimum atomic E-state index is -3.75. The number of anilines is 1.